The van der Waals surface area contributed by atoms with Crippen molar-refractivity contribution in [1.82, 2.24) is 5.32 Å². The van der Waals surface area contributed by atoms with Crippen molar-refractivity contribution >= 4 is 13.7 Å². The van der Waals surface area contributed by atoms with E-state index in [0.29, 0.717) is 23.9 Å². The Morgan fingerprint density at radius 3 is 1.00 bits per heavy atom. The van der Waals surface area contributed by atoms with E-state index in [1.54, 1.807) is 0 Å². The summed E-state index contributed by atoms with van der Waals surface area (Å²) in [5.41, 5.74) is 0. The Labute approximate surface area is 546 Å². The van der Waals surface area contributed by atoms with Crippen LogP contribution < -0.4 is 5.32 Å². The van der Waals surface area contributed by atoms with Gasteiger partial charge in [-0.05, 0) is 83.5 Å². The summed E-state index contributed by atoms with van der Waals surface area (Å²) in [6.45, 7) is 4.80. The summed E-state index contributed by atoms with van der Waals surface area (Å²) in [5, 5.41) is 14.2. The van der Waals surface area contributed by atoms with E-state index in [9.17, 15) is 19.4 Å². The summed E-state index contributed by atoms with van der Waals surface area (Å²) in [5.74, 6) is -0.155. The third-order valence-corrected chi connectivity index (χ3v) is 17.5. The Kier molecular flexibility index (Phi) is 66.3. The molecule has 0 aliphatic heterocycles. The normalized spacial score (nSPS) is 14.2. The highest BCUT2D eigenvalue weighted by atomic mass is 31.2. The minimum Gasteiger partial charge on any atom is -0.391 e. The Balaban J connectivity index is 4.08. The Morgan fingerprint density at radius 1 is 0.398 bits per heavy atom. The molecule has 0 aromatic rings. The van der Waals surface area contributed by atoms with Crippen LogP contribution >= 0.6 is 7.82 Å². The summed E-state index contributed by atoms with van der Waals surface area (Å²) in [4.78, 5) is 23.5. The van der Waals surface area contributed by atoms with Gasteiger partial charge >= 0.3 is 7.82 Å². The van der Waals surface area contributed by atoms with Crippen LogP contribution in [0.3, 0.4) is 0 Å². The highest BCUT2D eigenvalue weighted by molar-refractivity contribution is 7.47. The molecule has 0 bridgehead atoms. The number of likely N-dealkylation sites (N-methyl/N-ethyl adjacent to an activating group) is 1. The molecular formula is C79H144N2O6P+. The molecule has 3 unspecified atom stereocenters. The van der Waals surface area contributed by atoms with Crippen molar-refractivity contribution in [3.05, 3.63) is 109 Å². The number of nitrogens with zero attached hydrogens (tertiary/aromatic N) is 1. The monoisotopic (exact) mass is 1250 g/mol. The number of nitrogens with one attached hydrogen (secondary N) is 1. The van der Waals surface area contributed by atoms with Crippen LogP contribution in [0.1, 0.15) is 335 Å². The number of carbonyl (C=O) groups excluding carboxylic acids is 1. The summed E-state index contributed by atoms with van der Waals surface area (Å²) in [6, 6.07) is -0.777. The molecular weight excluding hydrogens is 1100 g/mol. The van der Waals surface area contributed by atoms with Crippen LogP contribution in [-0.2, 0) is 18.4 Å². The quantitative estimate of drug-likeness (QED) is 0.0243. The number of hydrogen-bond acceptors (Lipinski definition) is 5. The van der Waals surface area contributed by atoms with E-state index in [4.69, 9.17) is 9.05 Å². The van der Waals surface area contributed by atoms with Crippen molar-refractivity contribution in [3.63, 3.8) is 0 Å². The summed E-state index contributed by atoms with van der Waals surface area (Å²) in [7, 11) is 1.60. The first-order valence-corrected chi connectivity index (χ1v) is 38.7. The second kappa shape index (κ2) is 68.5. The zero-order valence-corrected chi connectivity index (χ0v) is 59.3. The number of phosphoric ester groups is 1. The van der Waals surface area contributed by atoms with Crippen LogP contribution in [0, 0.1) is 0 Å². The van der Waals surface area contributed by atoms with Gasteiger partial charge in [0.2, 0.25) is 5.91 Å². The number of phosphoric acid groups is 1. The number of amides is 1. The summed E-state index contributed by atoms with van der Waals surface area (Å²) in [6.07, 6.45) is 101. The first-order valence-electron chi connectivity index (χ1n) is 37.3. The van der Waals surface area contributed by atoms with E-state index >= 15 is 0 Å². The van der Waals surface area contributed by atoms with E-state index in [1.165, 1.54) is 199 Å². The molecule has 88 heavy (non-hydrogen) atoms. The van der Waals surface area contributed by atoms with Crippen LogP contribution in [0.25, 0.3) is 0 Å². The molecule has 0 rings (SSSR count). The van der Waals surface area contributed by atoms with Crippen molar-refractivity contribution in [2.24, 2.45) is 0 Å². The zero-order chi connectivity index (χ0) is 64.1. The number of allylic oxidation sites excluding steroid dienone is 18. The topological polar surface area (TPSA) is 105 Å². The lowest BCUT2D eigenvalue weighted by atomic mass is 10.0. The van der Waals surface area contributed by atoms with Crippen molar-refractivity contribution in [2.45, 2.75) is 347 Å². The van der Waals surface area contributed by atoms with E-state index in [0.717, 1.165) is 109 Å². The highest BCUT2D eigenvalue weighted by Crippen LogP contribution is 2.43. The third-order valence-electron chi connectivity index (χ3n) is 16.5. The maximum atomic E-state index is 13.1. The van der Waals surface area contributed by atoms with E-state index in [2.05, 4.69) is 129 Å². The lowest BCUT2D eigenvalue weighted by Crippen LogP contribution is -2.46. The molecule has 510 valence electrons. The van der Waals surface area contributed by atoms with Gasteiger partial charge in [-0.3, -0.25) is 13.8 Å². The van der Waals surface area contributed by atoms with Crippen molar-refractivity contribution < 1.29 is 32.9 Å². The lowest BCUT2D eigenvalue weighted by Gasteiger charge is -2.26. The lowest BCUT2D eigenvalue weighted by molar-refractivity contribution is -0.870. The van der Waals surface area contributed by atoms with Gasteiger partial charge in [-0.15, -0.1) is 0 Å². The minimum absolute atomic E-state index is 0.0677. The molecule has 0 fully saturated rings. The van der Waals surface area contributed by atoms with Gasteiger partial charge in [0.1, 0.15) is 13.2 Å². The predicted octanol–water partition coefficient (Wildman–Crippen LogP) is 24.2. The van der Waals surface area contributed by atoms with Crippen LogP contribution in [0.5, 0.6) is 0 Å². The smallest absolute Gasteiger partial charge is 0.391 e. The number of aliphatic hydroxyl groups is 1. The Morgan fingerprint density at radius 2 is 0.682 bits per heavy atom. The first-order chi connectivity index (χ1) is 43.0. The second-order valence-corrected chi connectivity index (χ2v) is 27.8. The maximum Gasteiger partial charge on any atom is 0.472 e. The van der Waals surface area contributed by atoms with Gasteiger partial charge in [-0.25, -0.2) is 4.57 Å². The van der Waals surface area contributed by atoms with E-state index in [-0.39, 0.29) is 19.1 Å². The molecule has 9 heteroatoms. The average Bonchev–Trinajstić information content (AvgIpc) is 3.64. The molecule has 0 saturated heterocycles. The average molecular weight is 1250 g/mol. The third kappa shape index (κ3) is 70.6. The van der Waals surface area contributed by atoms with E-state index in [1.807, 2.05) is 21.1 Å². The molecule has 0 radical (unpaired) electrons. The molecule has 0 heterocycles. The number of rotatable bonds is 68. The van der Waals surface area contributed by atoms with E-state index < -0.39 is 20.0 Å². The van der Waals surface area contributed by atoms with Crippen LogP contribution in [0.4, 0.5) is 0 Å². The van der Waals surface area contributed by atoms with Crippen LogP contribution in [-0.4, -0.2) is 73.4 Å². The fourth-order valence-electron chi connectivity index (χ4n) is 10.8. The van der Waals surface area contributed by atoms with Crippen LogP contribution in [0.15, 0.2) is 109 Å². The van der Waals surface area contributed by atoms with Gasteiger partial charge in [-0.1, -0.05) is 354 Å². The molecule has 8 nitrogen and oxygen atoms in total. The van der Waals surface area contributed by atoms with Gasteiger partial charge in [-0.2, -0.15) is 0 Å². The standard InChI is InChI=1S/C79H143N2O6P/c1-6-8-10-12-14-16-18-20-22-24-26-28-30-32-34-36-38-39-40-41-43-45-47-49-51-53-55-57-59-61-63-65-67-69-71-73-79(83)80-77(76-87-88(84,85)86-75-74-81(3,4)5)78(82)72-70-68-66-64-62-60-58-56-54-52-50-48-46-44-42-37-35-33-31-29-27-25-23-21-19-17-15-13-11-9-7-2/h8,10,14,16,20,22,26,28,32,34,38-39,41,43,47,49,53,55,77-78,82H,6-7,9,11-13,15,17-19,21,23-25,27,29-31,33,35-37,40,42,44-46,48,50-52,54,56-76H2,1-5H3,(H-,80,83,84,85)/p+1/b10-8-,16-14-,22-20-,28-26-,34-32-,39-38-,43-41-,49-47-,55-53-. The number of aliphatic hydroxyl groups excluding tert-OH is 1. The van der Waals surface area contributed by atoms with Gasteiger partial charge in [0, 0.05) is 6.42 Å². The second-order valence-electron chi connectivity index (χ2n) is 26.3. The number of carbonyl (C=O) groups is 1. The van der Waals surface area contributed by atoms with Crippen molar-refractivity contribution in [1.29, 1.82) is 0 Å². The van der Waals surface area contributed by atoms with Crippen LogP contribution in [0.2, 0.25) is 0 Å². The molecule has 0 aliphatic carbocycles. The largest absolute Gasteiger partial charge is 0.472 e. The van der Waals surface area contributed by atoms with Gasteiger partial charge in [0.15, 0.2) is 0 Å². The van der Waals surface area contributed by atoms with Crippen molar-refractivity contribution in [2.75, 3.05) is 40.9 Å². The molecule has 3 N–H and O–H groups in total. The molecule has 0 aromatic carbocycles. The molecule has 1 amide bonds. The predicted molar refractivity (Wildman–Crippen MR) is 387 cm³/mol. The molecule has 0 aromatic heterocycles. The van der Waals surface area contributed by atoms with Gasteiger partial charge in [0.05, 0.1) is 39.9 Å². The molecule has 0 saturated carbocycles. The SMILES string of the molecule is CC/C=C\C/C=C\C/C=C\C/C=C\C/C=C\C/C=C\C/C=C\C/C=C\C/C=C\CCCCCCCCCC(=O)NC(COP(=O)(O)OCC[N+](C)(C)C)C(O)CCCCCCCCCCCCCCCCCCCCCCCCCCCCCCCCC. The Bertz CT molecular complexity index is 1810. The molecule has 0 aliphatic rings. The summed E-state index contributed by atoms with van der Waals surface area (Å²) < 4.78 is 23.9. The summed E-state index contributed by atoms with van der Waals surface area (Å²) >= 11 is 0. The van der Waals surface area contributed by atoms with Crippen molar-refractivity contribution in [3.8, 4) is 0 Å². The molecule has 0 spiro atoms. The van der Waals surface area contributed by atoms with Gasteiger partial charge < -0.3 is 19.8 Å². The van der Waals surface area contributed by atoms with Gasteiger partial charge in [0.25, 0.3) is 0 Å². The maximum absolute atomic E-state index is 13.1. The number of unbranched alkanes of at least 4 members (excludes halogenated alkanes) is 37. The highest BCUT2D eigenvalue weighted by Gasteiger charge is 2.28. The molecule has 3 atom stereocenters. The first kappa shape index (κ1) is 85.2. The fraction of sp³-hybridized carbons (Fsp3) is 0.759. The number of quaternary nitrogens is 1. The Hall–Kier alpha value is -2.84. The zero-order valence-electron chi connectivity index (χ0n) is 58.4. The number of hydrogen-bond donors (Lipinski definition) is 3. The fourth-order valence-corrected chi connectivity index (χ4v) is 11.5. The minimum atomic E-state index is -4.34.